The maximum absolute atomic E-state index is 6.13. The van der Waals surface area contributed by atoms with Gasteiger partial charge in [-0.3, -0.25) is 4.98 Å². The Morgan fingerprint density at radius 2 is 2.18 bits per heavy atom. The van der Waals surface area contributed by atoms with E-state index in [9.17, 15) is 0 Å². The highest BCUT2D eigenvalue weighted by molar-refractivity contribution is 6.35. The van der Waals surface area contributed by atoms with Gasteiger partial charge < -0.3 is 5.32 Å². The lowest BCUT2D eigenvalue weighted by molar-refractivity contribution is 0.594. The number of nitrogens with one attached hydrogen (secondary N) is 1. The molecule has 0 bridgehead atoms. The zero-order valence-corrected chi connectivity index (χ0v) is 11.0. The SMILES string of the molecule is CCC(C)CNc1ccc(Cl)c2ncccc12. The molecule has 1 aromatic carbocycles. The molecule has 0 fully saturated rings. The Bertz CT molecular complexity index is 511. The van der Waals surface area contributed by atoms with Crippen molar-refractivity contribution in [3.63, 3.8) is 0 Å². The Morgan fingerprint density at radius 3 is 2.94 bits per heavy atom. The van der Waals surface area contributed by atoms with Gasteiger partial charge in [0.2, 0.25) is 0 Å². The molecule has 0 saturated heterocycles. The summed E-state index contributed by atoms with van der Waals surface area (Å²) in [6.45, 7) is 5.42. The number of halogens is 1. The molecule has 1 unspecified atom stereocenters. The molecule has 17 heavy (non-hydrogen) atoms. The number of benzene rings is 1. The summed E-state index contributed by atoms with van der Waals surface area (Å²) in [6, 6.07) is 7.91. The molecule has 3 heteroatoms. The smallest absolute Gasteiger partial charge is 0.0908 e. The highest BCUT2D eigenvalue weighted by Crippen LogP contribution is 2.28. The van der Waals surface area contributed by atoms with Crippen molar-refractivity contribution in [3.8, 4) is 0 Å². The van der Waals surface area contributed by atoms with Crippen LogP contribution >= 0.6 is 11.6 Å². The number of nitrogens with zero attached hydrogens (tertiary/aromatic N) is 1. The van der Waals surface area contributed by atoms with Crippen LogP contribution in [0.5, 0.6) is 0 Å². The minimum Gasteiger partial charge on any atom is -0.384 e. The van der Waals surface area contributed by atoms with Crippen LogP contribution in [0.3, 0.4) is 0 Å². The van der Waals surface area contributed by atoms with E-state index in [4.69, 9.17) is 11.6 Å². The fraction of sp³-hybridized carbons (Fsp3) is 0.357. The van der Waals surface area contributed by atoms with Crippen molar-refractivity contribution in [1.82, 2.24) is 4.98 Å². The first-order valence-electron chi connectivity index (χ1n) is 5.99. The monoisotopic (exact) mass is 248 g/mol. The molecule has 1 N–H and O–H groups in total. The minimum atomic E-state index is 0.664. The average molecular weight is 249 g/mol. The first-order chi connectivity index (χ1) is 8.22. The maximum Gasteiger partial charge on any atom is 0.0908 e. The van der Waals surface area contributed by atoms with Crippen molar-refractivity contribution in [2.24, 2.45) is 5.92 Å². The normalized spacial score (nSPS) is 12.6. The molecule has 1 aromatic heterocycles. The summed E-state index contributed by atoms with van der Waals surface area (Å²) in [7, 11) is 0. The summed E-state index contributed by atoms with van der Waals surface area (Å²) >= 11 is 6.13. The lowest BCUT2D eigenvalue weighted by Crippen LogP contribution is -2.10. The van der Waals surface area contributed by atoms with Crippen molar-refractivity contribution in [3.05, 3.63) is 35.5 Å². The van der Waals surface area contributed by atoms with Crippen LogP contribution in [-0.2, 0) is 0 Å². The summed E-state index contributed by atoms with van der Waals surface area (Å²) in [6.07, 6.45) is 2.95. The molecule has 0 aliphatic heterocycles. The number of pyridine rings is 1. The van der Waals surface area contributed by atoms with E-state index in [0.29, 0.717) is 10.9 Å². The molecule has 0 saturated carbocycles. The second kappa shape index (κ2) is 5.37. The summed E-state index contributed by atoms with van der Waals surface area (Å²) < 4.78 is 0. The van der Waals surface area contributed by atoms with Crippen LogP contribution in [0.4, 0.5) is 5.69 Å². The Hall–Kier alpha value is -1.28. The Morgan fingerprint density at radius 1 is 1.35 bits per heavy atom. The number of anilines is 1. The molecule has 0 spiro atoms. The predicted octanol–water partition coefficient (Wildman–Crippen LogP) is 4.35. The second-order valence-electron chi connectivity index (χ2n) is 4.39. The van der Waals surface area contributed by atoms with E-state index in [1.54, 1.807) is 6.20 Å². The molecule has 0 amide bonds. The average Bonchev–Trinajstić information content (AvgIpc) is 2.38. The van der Waals surface area contributed by atoms with E-state index in [0.717, 1.165) is 23.1 Å². The van der Waals surface area contributed by atoms with Gasteiger partial charge in [0.15, 0.2) is 0 Å². The molecule has 1 atom stereocenters. The molecule has 2 nitrogen and oxygen atoms in total. The molecule has 2 rings (SSSR count). The van der Waals surface area contributed by atoms with Gasteiger partial charge in [-0.1, -0.05) is 31.9 Å². The highest BCUT2D eigenvalue weighted by atomic mass is 35.5. The first kappa shape index (κ1) is 12.2. The number of hydrogen-bond acceptors (Lipinski definition) is 2. The third-order valence-electron chi connectivity index (χ3n) is 3.06. The Kier molecular flexibility index (Phi) is 3.85. The van der Waals surface area contributed by atoms with Gasteiger partial charge in [-0.05, 0) is 30.2 Å². The highest BCUT2D eigenvalue weighted by Gasteiger charge is 2.06. The molecule has 2 aromatic rings. The molecular formula is C14H17ClN2. The van der Waals surface area contributed by atoms with Crippen molar-refractivity contribution in [2.45, 2.75) is 20.3 Å². The van der Waals surface area contributed by atoms with Crippen LogP contribution in [0.15, 0.2) is 30.5 Å². The third kappa shape index (κ3) is 2.70. The largest absolute Gasteiger partial charge is 0.384 e. The first-order valence-corrected chi connectivity index (χ1v) is 6.37. The van der Waals surface area contributed by atoms with E-state index in [-0.39, 0.29) is 0 Å². The standard InChI is InChI=1S/C14H17ClN2/c1-3-10(2)9-17-13-7-6-12(15)14-11(13)5-4-8-16-14/h4-8,10,17H,3,9H2,1-2H3. The molecule has 90 valence electrons. The Labute approximate surface area is 107 Å². The summed E-state index contributed by atoms with van der Waals surface area (Å²) in [5.74, 6) is 0.664. The van der Waals surface area contributed by atoms with Crippen LogP contribution in [0, 0.1) is 5.92 Å². The van der Waals surface area contributed by atoms with Gasteiger partial charge in [-0.15, -0.1) is 0 Å². The van der Waals surface area contributed by atoms with E-state index in [1.165, 1.54) is 6.42 Å². The summed E-state index contributed by atoms with van der Waals surface area (Å²) in [5.41, 5.74) is 1.97. The van der Waals surface area contributed by atoms with Crippen LogP contribution in [0.1, 0.15) is 20.3 Å². The lowest BCUT2D eigenvalue weighted by atomic mass is 10.1. The van der Waals surface area contributed by atoms with Gasteiger partial charge in [-0.25, -0.2) is 0 Å². The maximum atomic E-state index is 6.13. The van der Waals surface area contributed by atoms with Crippen LogP contribution < -0.4 is 5.32 Å². The van der Waals surface area contributed by atoms with Crippen LogP contribution in [0.2, 0.25) is 5.02 Å². The second-order valence-corrected chi connectivity index (χ2v) is 4.80. The molecular weight excluding hydrogens is 232 g/mol. The topological polar surface area (TPSA) is 24.9 Å². The number of hydrogen-bond donors (Lipinski definition) is 1. The Balaban J connectivity index is 2.32. The third-order valence-corrected chi connectivity index (χ3v) is 3.36. The quantitative estimate of drug-likeness (QED) is 0.870. The van der Waals surface area contributed by atoms with Crippen LogP contribution in [-0.4, -0.2) is 11.5 Å². The zero-order valence-electron chi connectivity index (χ0n) is 10.2. The summed E-state index contributed by atoms with van der Waals surface area (Å²) in [4.78, 5) is 4.32. The van der Waals surface area contributed by atoms with Crippen molar-refractivity contribution in [1.29, 1.82) is 0 Å². The van der Waals surface area contributed by atoms with Crippen molar-refractivity contribution >= 4 is 28.2 Å². The van der Waals surface area contributed by atoms with Gasteiger partial charge in [0.05, 0.1) is 10.5 Å². The lowest BCUT2D eigenvalue weighted by Gasteiger charge is -2.13. The van der Waals surface area contributed by atoms with E-state index >= 15 is 0 Å². The van der Waals surface area contributed by atoms with E-state index in [2.05, 4.69) is 24.1 Å². The van der Waals surface area contributed by atoms with Crippen molar-refractivity contribution < 1.29 is 0 Å². The molecule has 0 aliphatic carbocycles. The van der Waals surface area contributed by atoms with E-state index < -0.39 is 0 Å². The fourth-order valence-corrected chi connectivity index (χ4v) is 1.93. The van der Waals surface area contributed by atoms with Crippen molar-refractivity contribution in [2.75, 3.05) is 11.9 Å². The van der Waals surface area contributed by atoms with Gasteiger partial charge in [0.25, 0.3) is 0 Å². The van der Waals surface area contributed by atoms with Gasteiger partial charge in [0, 0.05) is 23.8 Å². The molecule has 0 radical (unpaired) electrons. The van der Waals surface area contributed by atoms with Gasteiger partial charge in [0.1, 0.15) is 0 Å². The zero-order chi connectivity index (χ0) is 12.3. The number of fused-ring (bicyclic) bond motifs is 1. The summed E-state index contributed by atoms with van der Waals surface area (Å²) in [5, 5.41) is 5.26. The van der Waals surface area contributed by atoms with Crippen LogP contribution in [0.25, 0.3) is 10.9 Å². The van der Waals surface area contributed by atoms with Gasteiger partial charge >= 0.3 is 0 Å². The minimum absolute atomic E-state index is 0.664. The molecule has 0 aliphatic rings. The fourth-order valence-electron chi connectivity index (χ4n) is 1.72. The van der Waals surface area contributed by atoms with Gasteiger partial charge in [-0.2, -0.15) is 0 Å². The van der Waals surface area contributed by atoms with E-state index in [1.807, 2.05) is 24.3 Å². The molecule has 1 heterocycles. The number of aromatic nitrogens is 1. The number of rotatable bonds is 4. The predicted molar refractivity (Wildman–Crippen MR) is 74.7 cm³/mol.